The third-order valence-electron chi connectivity index (χ3n) is 3.17. The Morgan fingerprint density at radius 1 is 1.15 bits per heavy atom. The molecule has 1 heterocycles. The highest BCUT2D eigenvalue weighted by Gasteiger charge is 2.30. The van der Waals surface area contributed by atoms with E-state index in [-0.39, 0.29) is 29.4 Å². The average Bonchev–Trinajstić information content (AvgIpc) is 2.54. The van der Waals surface area contributed by atoms with Gasteiger partial charge in [-0.15, -0.1) is 0 Å². The largest absolute Gasteiger partial charge is 0.466 e. The topological polar surface area (TPSA) is 85.4 Å². The summed E-state index contributed by atoms with van der Waals surface area (Å²) in [5, 5.41) is 0. The molecule has 0 aliphatic carbocycles. The molecule has 0 fully saturated rings. The Morgan fingerprint density at radius 2 is 1.81 bits per heavy atom. The molecule has 6 nitrogen and oxygen atoms in total. The maximum atomic E-state index is 12.6. The normalized spacial score (nSPS) is 11.8. The number of halogens is 3. The van der Waals surface area contributed by atoms with Crippen LogP contribution < -0.4 is 4.72 Å². The van der Waals surface area contributed by atoms with Crippen molar-refractivity contribution in [1.29, 1.82) is 0 Å². The van der Waals surface area contributed by atoms with Gasteiger partial charge in [-0.3, -0.25) is 9.52 Å². The minimum atomic E-state index is -4.56. The van der Waals surface area contributed by atoms with Crippen LogP contribution in [-0.4, -0.2) is 26.0 Å². The standard InChI is InChI=1S/C16H15F3N2O4S/c1-2-25-15(22)10-12-4-3-5-14(20-12)21-26(23,24)13-8-6-11(7-9-13)16(17,18)19/h3-9H,2,10H2,1H3,(H,20,21). The van der Waals surface area contributed by atoms with E-state index in [2.05, 4.69) is 9.71 Å². The third-order valence-corrected chi connectivity index (χ3v) is 4.54. The van der Waals surface area contributed by atoms with E-state index in [1.807, 2.05) is 0 Å². The average molecular weight is 388 g/mol. The fourth-order valence-corrected chi connectivity index (χ4v) is 3.02. The first kappa shape index (κ1) is 19.7. The van der Waals surface area contributed by atoms with Crippen molar-refractivity contribution in [2.75, 3.05) is 11.3 Å². The first-order valence-corrected chi connectivity index (χ1v) is 8.92. The second kappa shape index (κ2) is 7.73. The fraction of sp³-hybridized carbons (Fsp3) is 0.250. The molecule has 0 bridgehead atoms. The monoisotopic (exact) mass is 388 g/mol. The fourth-order valence-electron chi connectivity index (χ4n) is 2.01. The Bertz CT molecular complexity index is 881. The van der Waals surface area contributed by atoms with Crippen LogP contribution in [0.25, 0.3) is 0 Å². The van der Waals surface area contributed by atoms with Crippen LogP contribution >= 0.6 is 0 Å². The number of carbonyl (C=O) groups is 1. The van der Waals surface area contributed by atoms with Crippen LogP contribution in [0.4, 0.5) is 19.0 Å². The first-order valence-electron chi connectivity index (χ1n) is 7.43. The zero-order chi connectivity index (χ0) is 19.4. The molecule has 0 aliphatic heterocycles. The number of aromatic nitrogens is 1. The van der Waals surface area contributed by atoms with E-state index in [0.29, 0.717) is 12.1 Å². The van der Waals surface area contributed by atoms with Gasteiger partial charge in [0.15, 0.2) is 0 Å². The summed E-state index contributed by atoms with van der Waals surface area (Å²) in [6.45, 7) is 1.86. The molecule has 0 saturated carbocycles. The number of hydrogen-bond acceptors (Lipinski definition) is 5. The molecule has 0 amide bonds. The maximum Gasteiger partial charge on any atom is 0.416 e. The van der Waals surface area contributed by atoms with Gasteiger partial charge in [0, 0.05) is 0 Å². The van der Waals surface area contributed by atoms with Crippen molar-refractivity contribution in [3.05, 3.63) is 53.7 Å². The lowest BCUT2D eigenvalue weighted by Gasteiger charge is -2.10. The van der Waals surface area contributed by atoms with E-state index in [9.17, 15) is 26.4 Å². The number of pyridine rings is 1. The molecule has 0 atom stereocenters. The lowest BCUT2D eigenvalue weighted by Crippen LogP contribution is -2.15. The zero-order valence-corrected chi connectivity index (χ0v) is 14.4. The van der Waals surface area contributed by atoms with Gasteiger partial charge >= 0.3 is 12.1 Å². The number of rotatable bonds is 6. The molecule has 10 heteroatoms. The number of ether oxygens (including phenoxy) is 1. The molecule has 140 valence electrons. The van der Waals surface area contributed by atoms with E-state index in [1.165, 1.54) is 18.2 Å². The van der Waals surface area contributed by atoms with Crippen molar-refractivity contribution < 1.29 is 31.1 Å². The molecule has 0 aliphatic rings. The Labute approximate surface area is 148 Å². The number of esters is 1. The summed E-state index contributed by atoms with van der Waals surface area (Å²) in [4.78, 5) is 15.1. The molecule has 0 radical (unpaired) electrons. The summed E-state index contributed by atoms with van der Waals surface area (Å²) in [5.74, 6) is -0.575. The van der Waals surface area contributed by atoms with Gasteiger partial charge in [0.05, 0.1) is 29.2 Å². The van der Waals surface area contributed by atoms with Crippen molar-refractivity contribution >= 4 is 21.8 Å². The van der Waals surface area contributed by atoms with Crippen LogP contribution in [0.1, 0.15) is 18.2 Å². The summed E-state index contributed by atoms with van der Waals surface area (Å²) in [6.07, 6.45) is -4.69. The van der Waals surface area contributed by atoms with Gasteiger partial charge in [-0.05, 0) is 43.3 Å². The number of alkyl halides is 3. The van der Waals surface area contributed by atoms with E-state index >= 15 is 0 Å². The Kier molecular flexibility index (Phi) is 5.86. The molecule has 0 spiro atoms. The lowest BCUT2D eigenvalue weighted by molar-refractivity contribution is -0.142. The second-order valence-corrected chi connectivity index (χ2v) is 6.81. The minimum absolute atomic E-state index is 0.0632. The lowest BCUT2D eigenvalue weighted by atomic mass is 10.2. The number of carbonyl (C=O) groups excluding carboxylic acids is 1. The van der Waals surface area contributed by atoms with Crippen molar-refractivity contribution in [2.45, 2.75) is 24.4 Å². The van der Waals surface area contributed by atoms with Gasteiger partial charge < -0.3 is 4.74 Å². The van der Waals surface area contributed by atoms with E-state index in [1.54, 1.807) is 6.92 Å². The number of nitrogens with one attached hydrogen (secondary N) is 1. The quantitative estimate of drug-likeness (QED) is 0.769. The number of sulfonamides is 1. The molecule has 1 aromatic heterocycles. The number of hydrogen-bond donors (Lipinski definition) is 1. The second-order valence-electron chi connectivity index (χ2n) is 5.12. The maximum absolute atomic E-state index is 12.6. The first-order chi connectivity index (χ1) is 12.1. The number of benzene rings is 1. The predicted molar refractivity (Wildman–Crippen MR) is 86.8 cm³/mol. The summed E-state index contributed by atoms with van der Waals surface area (Å²) in [7, 11) is -4.13. The van der Waals surface area contributed by atoms with Crippen molar-refractivity contribution in [3.63, 3.8) is 0 Å². The van der Waals surface area contributed by atoms with E-state index in [4.69, 9.17) is 4.74 Å². The highest BCUT2D eigenvalue weighted by molar-refractivity contribution is 7.92. The minimum Gasteiger partial charge on any atom is -0.466 e. The van der Waals surface area contributed by atoms with Gasteiger partial charge in [-0.1, -0.05) is 6.07 Å². The van der Waals surface area contributed by atoms with Crippen molar-refractivity contribution in [2.24, 2.45) is 0 Å². The van der Waals surface area contributed by atoms with Crippen molar-refractivity contribution in [1.82, 2.24) is 4.98 Å². The number of nitrogens with zero attached hydrogens (tertiary/aromatic N) is 1. The number of anilines is 1. The van der Waals surface area contributed by atoms with E-state index in [0.717, 1.165) is 12.1 Å². The molecule has 0 saturated heterocycles. The Morgan fingerprint density at radius 3 is 2.38 bits per heavy atom. The summed E-state index contributed by atoms with van der Waals surface area (Å²) in [6, 6.07) is 7.44. The molecule has 2 aromatic rings. The van der Waals surface area contributed by atoms with Crippen molar-refractivity contribution in [3.8, 4) is 0 Å². The van der Waals surface area contributed by atoms with E-state index < -0.39 is 27.7 Å². The highest BCUT2D eigenvalue weighted by atomic mass is 32.2. The molecule has 2 rings (SSSR count). The Balaban J connectivity index is 2.17. The molecule has 1 N–H and O–H groups in total. The molecular weight excluding hydrogens is 373 g/mol. The Hall–Kier alpha value is -2.62. The van der Waals surface area contributed by atoms with Gasteiger partial charge in [-0.2, -0.15) is 13.2 Å². The van der Waals surface area contributed by atoms with Gasteiger partial charge in [0.1, 0.15) is 5.82 Å². The van der Waals surface area contributed by atoms with Gasteiger partial charge in [-0.25, -0.2) is 13.4 Å². The summed E-state index contributed by atoms with van der Waals surface area (Å²) < 4.78 is 69.2. The summed E-state index contributed by atoms with van der Waals surface area (Å²) >= 11 is 0. The molecule has 26 heavy (non-hydrogen) atoms. The van der Waals surface area contributed by atoms with Crippen LogP contribution in [0.2, 0.25) is 0 Å². The van der Waals surface area contributed by atoms with Gasteiger partial charge in [0.25, 0.3) is 10.0 Å². The van der Waals surface area contributed by atoms with Crippen LogP contribution in [-0.2, 0) is 32.2 Å². The predicted octanol–water partition coefficient (Wildman–Crippen LogP) is 3.01. The van der Waals surface area contributed by atoms with Crippen LogP contribution in [0.3, 0.4) is 0 Å². The molecular formula is C16H15F3N2O4S. The third kappa shape index (κ3) is 5.19. The van der Waals surface area contributed by atoms with Gasteiger partial charge in [0.2, 0.25) is 0 Å². The van der Waals surface area contributed by atoms with Crippen LogP contribution in [0.5, 0.6) is 0 Å². The SMILES string of the molecule is CCOC(=O)Cc1cccc(NS(=O)(=O)c2ccc(C(F)(F)F)cc2)n1. The zero-order valence-electron chi connectivity index (χ0n) is 13.6. The highest BCUT2D eigenvalue weighted by Crippen LogP contribution is 2.29. The van der Waals surface area contributed by atoms with Crippen LogP contribution in [0.15, 0.2) is 47.4 Å². The molecule has 1 aromatic carbocycles. The molecule has 0 unspecified atom stereocenters. The van der Waals surface area contributed by atoms with Crippen LogP contribution in [0, 0.1) is 0 Å². The summed E-state index contributed by atoms with van der Waals surface area (Å²) in [5.41, 5.74) is -0.665. The smallest absolute Gasteiger partial charge is 0.416 e.